The van der Waals surface area contributed by atoms with Gasteiger partial charge in [-0.2, -0.15) is 0 Å². The predicted octanol–water partition coefficient (Wildman–Crippen LogP) is 10.1. The molecule has 0 spiro atoms. The topological polar surface area (TPSA) is 125 Å². The van der Waals surface area contributed by atoms with Crippen molar-refractivity contribution in [3.8, 4) is 22.3 Å². The summed E-state index contributed by atoms with van der Waals surface area (Å²) in [6, 6.07) is 24.1. The molecule has 0 radical (unpaired) electrons. The van der Waals surface area contributed by atoms with Gasteiger partial charge in [-0.3, -0.25) is 19.2 Å². The number of amides is 2. The molecule has 0 saturated carbocycles. The maximum atomic E-state index is 13.3. The predicted molar refractivity (Wildman–Crippen MR) is 243 cm³/mol. The van der Waals surface area contributed by atoms with E-state index >= 15 is 0 Å². The molecule has 0 atom stereocenters. The molecule has 2 saturated heterocycles. The number of aryl methyl sites for hydroxylation is 2. The van der Waals surface area contributed by atoms with Crippen LogP contribution in [0.5, 0.6) is 0 Å². The van der Waals surface area contributed by atoms with Crippen molar-refractivity contribution in [1.82, 2.24) is 18.9 Å². The summed E-state index contributed by atoms with van der Waals surface area (Å²) in [4.78, 5) is 54.5. The fourth-order valence-corrected chi connectivity index (χ4v) is 10.1. The second-order valence-electron chi connectivity index (χ2n) is 15.7. The number of nitrogens with zero attached hydrogens (tertiary/aromatic N) is 4. The van der Waals surface area contributed by atoms with Crippen LogP contribution in [0.3, 0.4) is 0 Å². The molecule has 2 amide bonds. The molecule has 61 heavy (non-hydrogen) atoms. The Morgan fingerprint density at radius 3 is 1.36 bits per heavy atom. The highest BCUT2D eigenvalue weighted by Crippen LogP contribution is 2.47. The number of piperidine rings is 2. The van der Waals surface area contributed by atoms with Crippen molar-refractivity contribution in [2.45, 2.75) is 35.5 Å². The van der Waals surface area contributed by atoms with Crippen molar-refractivity contribution in [2.75, 3.05) is 26.2 Å². The SMILES string of the molecule is Cn1ccc2cc(-c3c(C=CC(=O)N4CCC(C(=O)O)CC4)ccc(Sc4ccc(C=CC(=O)N5CCC(C(=O)O)CC5)c(-c5ccc6c(ccn6C)c5)c4Cl)c3Cl)ccc21. The first-order valence-electron chi connectivity index (χ1n) is 20.2. The Labute approximate surface area is 367 Å². The van der Waals surface area contributed by atoms with Gasteiger partial charge in [0.2, 0.25) is 11.8 Å². The molecular formula is C48H44Cl2N4O6S. The highest BCUT2D eigenvalue weighted by atomic mass is 35.5. The molecule has 8 rings (SSSR count). The van der Waals surface area contributed by atoms with Gasteiger partial charge in [0.15, 0.2) is 0 Å². The second kappa shape index (κ2) is 17.7. The zero-order valence-electron chi connectivity index (χ0n) is 33.7. The fourth-order valence-electron chi connectivity index (χ4n) is 8.39. The minimum Gasteiger partial charge on any atom is -0.481 e. The molecule has 0 aliphatic carbocycles. The zero-order chi connectivity index (χ0) is 42.9. The van der Waals surface area contributed by atoms with Crippen LogP contribution in [-0.4, -0.2) is 79.1 Å². The fraction of sp³-hybridized carbons (Fsp3) is 0.250. The minimum absolute atomic E-state index is 0.186. The van der Waals surface area contributed by atoms with Crippen LogP contribution < -0.4 is 0 Å². The standard InChI is InChI=1S/C48H44Cl2N4O6S/c1-51-21-15-33-27-35(3-9-37(33)51)43-29(7-13-41(55)53-23-17-31(18-24-53)47(57)58)5-11-39(45(43)49)61-40-12-6-30(8-14-42(56)54-25-19-32(20-26-54)48(59)60)44(46(40)50)36-4-10-38-34(28-36)16-22-52(38)2/h3-16,21-22,27-28,31-32H,17-20,23-26H2,1-2H3,(H,57,58)(H,59,60). The van der Waals surface area contributed by atoms with Gasteiger partial charge in [0.1, 0.15) is 0 Å². The number of carboxylic acids is 2. The summed E-state index contributed by atoms with van der Waals surface area (Å²) in [7, 11) is 3.99. The first-order valence-corrected chi connectivity index (χ1v) is 21.8. The van der Waals surface area contributed by atoms with E-state index < -0.39 is 23.8 Å². The molecule has 312 valence electrons. The van der Waals surface area contributed by atoms with E-state index in [0.29, 0.717) is 61.9 Å². The van der Waals surface area contributed by atoms with E-state index in [-0.39, 0.29) is 11.8 Å². The van der Waals surface area contributed by atoms with Crippen molar-refractivity contribution in [3.63, 3.8) is 0 Å². The molecule has 2 aliphatic heterocycles. The number of carboxylic acid groups (broad SMARTS) is 2. The third-order valence-corrected chi connectivity index (χ3v) is 14.1. The Kier molecular flexibility index (Phi) is 12.2. The number of halogens is 2. The Bertz CT molecular complexity index is 2590. The van der Waals surface area contributed by atoms with Gasteiger partial charge >= 0.3 is 11.9 Å². The molecule has 13 heteroatoms. The average Bonchev–Trinajstić information content (AvgIpc) is 3.83. The normalized spacial score (nSPS) is 15.5. The summed E-state index contributed by atoms with van der Waals surface area (Å²) in [6.45, 7) is 1.53. The van der Waals surface area contributed by atoms with Crippen molar-refractivity contribution in [1.29, 1.82) is 0 Å². The van der Waals surface area contributed by atoms with E-state index in [1.807, 2.05) is 96.3 Å². The van der Waals surface area contributed by atoms with Crippen LogP contribution in [0, 0.1) is 11.8 Å². The van der Waals surface area contributed by atoms with Crippen molar-refractivity contribution >= 4 is 92.7 Å². The van der Waals surface area contributed by atoms with Crippen LogP contribution in [-0.2, 0) is 33.3 Å². The Hall–Kier alpha value is -5.75. The van der Waals surface area contributed by atoms with Crippen LogP contribution in [0.15, 0.2) is 107 Å². The first-order chi connectivity index (χ1) is 29.4. The highest BCUT2D eigenvalue weighted by Gasteiger charge is 2.28. The number of hydrogen-bond donors (Lipinski definition) is 2. The van der Waals surface area contributed by atoms with Gasteiger partial charge in [-0.1, -0.05) is 59.2 Å². The lowest BCUT2D eigenvalue weighted by Gasteiger charge is -2.29. The van der Waals surface area contributed by atoms with Crippen molar-refractivity contribution in [2.24, 2.45) is 25.9 Å². The number of aliphatic carboxylic acids is 2. The van der Waals surface area contributed by atoms with E-state index in [1.165, 1.54) is 23.9 Å². The number of likely N-dealkylation sites (tertiary alicyclic amines) is 2. The van der Waals surface area contributed by atoms with Crippen molar-refractivity contribution < 1.29 is 29.4 Å². The first kappa shape index (κ1) is 42.0. The van der Waals surface area contributed by atoms with Crippen LogP contribution in [0.2, 0.25) is 10.0 Å². The molecule has 4 heterocycles. The van der Waals surface area contributed by atoms with E-state index in [4.69, 9.17) is 23.2 Å². The van der Waals surface area contributed by atoms with Gasteiger partial charge in [-0.15, -0.1) is 0 Å². The molecule has 2 N–H and O–H groups in total. The second-order valence-corrected chi connectivity index (χ2v) is 17.6. The molecule has 4 aromatic carbocycles. The lowest BCUT2D eigenvalue weighted by Crippen LogP contribution is -2.39. The van der Waals surface area contributed by atoms with Gasteiger partial charge in [0, 0.05) is 108 Å². The number of rotatable bonds is 10. The quantitative estimate of drug-likeness (QED) is 0.131. The lowest BCUT2D eigenvalue weighted by molar-refractivity contribution is -0.145. The number of hydrogen-bond acceptors (Lipinski definition) is 5. The molecule has 0 bridgehead atoms. The largest absolute Gasteiger partial charge is 0.481 e. The van der Waals surface area contributed by atoms with Gasteiger partial charge in [0.25, 0.3) is 0 Å². The molecule has 2 fully saturated rings. The third kappa shape index (κ3) is 8.73. The van der Waals surface area contributed by atoms with Gasteiger partial charge in [-0.05, 0) is 109 Å². The number of aromatic nitrogens is 2. The molecule has 2 aliphatic rings. The number of carbonyl (C=O) groups is 4. The molecule has 2 aromatic heterocycles. The number of benzene rings is 4. The highest BCUT2D eigenvalue weighted by molar-refractivity contribution is 7.99. The van der Waals surface area contributed by atoms with Gasteiger partial charge in [0.05, 0.1) is 21.9 Å². The van der Waals surface area contributed by atoms with E-state index in [9.17, 15) is 29.4 Å². The maximum Gasteiger partial charge on any atom is 0.306 e. The van der Waals surface area contributed by atoms with E-state index in [0.717, 1.165) is 65.0 Å². The molecule has 0 unspecified atom stereocenters. The summed E-state index contributed by atoms with van der Waals surface area (Å²) >= 11 is 16.3. The van der Waals surface area contributed by atoms with Crippen molar-refractivity contribution in [3.05, 3.63) is 119 Å². The summed E-state index contributed by atoms with van der Waals surface area (Å²) in [5.74, 6) is -2.90. The van der Waals surface area contributed by atoms with Gasteiger partial charge < -0.3 is 29.1 Å². The molecule has 6 aromatic rings. The van der Waals surface area contributed by atoms with E-state index in [2.05, 4.69) is 12.1 Å². The summed E-state index contributed by atoms with van der Waals surface area (Å²) in [6.07, 6.45) is 12.3. The number of fused-ring (bicyclic) bond motifs is 2. The van der Waals surface area contributed by atoms with Crippen LogP contribution in [0.4, 0.5) is 0 Å². The summed E-state index contributed by atoms with van der Waals surface area (Å²) < 4.78 is 4.10. The monoisotopic (exact) mass is 874 g/mol. The number of carbonyl (C=O) groups excluding carboxylic acids is 2. The minimum atomic E-state index is -0.825. The van der Waals surface area contributed by atoms with Crippen LogP contribution in [0.25, 0.3) is 56.2 Å². The smallest absolute Gasteiger partial charge is 0.306 e. The Morgan fingerprint density at radius 2 is 0.984 bits per heavy atom. The summed E-state index contributed by atoms with van der Waals surface area (Å²) in [5, 5.41) is 21.9. The van der Waals surface area contributed by atoms with Crippen LogP contribution in [0.1, 0.15) is 36.8 Å². The Balaban J connectivity index is 1.15. The molecule has 10 nitrogen and oxygen atoms in total. The zero-order valence-corrected chi connectivity index (χ0v) is 36.0. The van der Waals surface area contributed by atoms with E-state index in [1.54, 1.807) is 22.0 Å². The summed E-state index contributed by atoms with van der Waals surface area (Å²) in [5.41, 5.74) is 6.88. The van der Waals surface area contributed by atoms with Crippen LogP contribution >= 0.6 is 35.0 Å². The average molecular weight is 876 g/mol. The Morgan fingerprint density at radius 1 is 0.590 bits per heavy atom. The maximum absolute atomic E-state index is 13.3. The lowest BCUT2D eigenvalue weighted by atomic mass is 9.96. The van der Waals surface area contributed by atoms with Gasteiger partial charge in [-0.25, -0.2) is 0 Å². The third-order valence-electron chi connectivity index (χ3n) is 12.0. The molecular weight excluding hydrogens is 832 g/mol.